The summed E-state index contributed by atoms with van der Waals surface area (Å²) in [6, 6.07) is -0.837. The van der Waals surface area contributed by atoms with Crippen LogP contribution in [0.4, 0.5) is 0 Å². The first-order valence-electron chi connectivity index (χ1n) is 19.3. The van der Waals surface area contributed by atoms with Crippen LogP contribution in [0.5, 0.6) is 0 Å². The van der Waals surface area contributed by atoms with Crippen molar-refractivity contribution in [1.29, 1.82) is 0 Å². The predicted octanol–water partition coefficient (Wildman–Crippen LogP) is 9.92. The van der Waals surface area contributed by atoms with E-state index in [0.717, 1.165) is 38.5 Å². The van der Waals surface area contributed by atoms with Crippen molar-refractivity contribution >= 4 is 13.7 Å². The van der Waals surface area contributed by atoms with Gasteiger partial charge < -0.3 is 20.6 Å². The van der Waals surface area contributed by atoms with Crippen LogP contribution in [0.2, 0.25) is 0 Å². The van der Waals surface area contributed by atoms with Crippen molar-refractivity contribution in [2.75, 3.05) is 26.8 Å². The Morgan fingerprint density at radius 2 is 1.13 bits per heavy atom. The van der Waals surface area contributed by atoms with Gasteiger partial charge >= 0.3 is 7.82 Å². The SMILES string of the molecule is CCCCCCCCCCCCC/C=C/[C@H](O)[C@@H](COP(=O)(O)OCCNC)NC(=O)CCCCCCCCCCCCCCC. The van der Waals surface area contributed by atoms with Gasteiger partial charge in [0, 0.05) is 13.0 Å². The Morgan fingerprint density at radius 3 is 1.59 bits per heavy atom. The zero-order valence-electron chi connectivity index (χ0n) is 30.3. The van der Waals surface area contributed by atoms with Crippen LogP contribution in [0.3, 0.4) is 0 Å². The highest BCUT2D eigenvalue weighted by molar-refractivity contribution is 7.47. The fourth-order valence-electron chi connectivity index (χ4n) is 5.58. The van der Waals surface area contributed by atoms with E-state index in [1.54, 1.807) is 13.1 Å². The summed E-state index contributed by atoms with van der Waals surface area (Å²) in [5.41, 5.74) is 0. The van der Waals surface area contributed by atoms with Gasteiger partial charge in [0.05, 0.1) is 25.4 Å². The molecule has 0 bridgehead atoms. The molecule has 0 aromatic heterocycles. The summed E-state index contributed by atoms with van der Waals surface area (Å²) in [5, 5.41) is 16.5. The van der Waals surface area contributed by atoms with Crippen LogP contribution in [-0.2, 0) is 18.4 Å². The Morgan fingerprint density at radius 1 is 0.696 bits per heavy atom. The molecule has 0 radical (unpaired) electrons. The molecule has 0 spiro atoms. The van der Waals surface area contributed by atoms with Crippen LogP contribution < -0.4 is 10.6 Å². The van der Waals surface area contributed by atoms with E-state index in [4.69, 9.17) is 9.05 Å². The van der Waals surface area contributed by atoms with Crippen LogP contribution in [0.25, 0.3) is 0 Å². The van der Waals surface area contributed by atoms with Crippen molar-refractivity contribution in [3.63, 3.8) is 0 Å². The van der Waals surface area contributed by atoms with Crippen molar-refractivity contribution in [3.05, 3.63) is 12.2 Å². The standard InChI is InChI=1S/C37H75N2O6P/c1-4-6-8-10-12-14-16-18-20-22-24-26-28-30-36(40)35(34-45-46(42,43)44-33-32-38-3)39-37(41)31-29-27-25-23-21-19-17-15-13-11-9-7-5-2/h28,30,35-36,38,40H,4-27,29,31-34H2,1-3H3,(H,39,41)(H,42,43)/b30-28+/t35-,36+/m1/s1. The molecule has 0 aromatic carbocycles. The second-order valence-corrected chi connectivity index (χ2v) is 14.6. The summed E-state index contributed by atoms with van der Waals surface area (Å²) in [7, 11) is -2.58. The van der Waals surface area contributed by atoms with Gasteiger partial charge in [-0.25, -0.2) is 4.57 Å². The smallest absolute Gasteiger partial charge is 0.387 e. The topological polar surface area (TPSA) is 117 Å². The summed E-state index contributed by atoms with van der Waals surface area (Å²) in [6.45, 7) is 4.60. The van der Waals surface area contributed by atoms with E-state index in [9.17, 15) is 19.4 Å². The number of nitrogens with one attached hydrogen (secondary N) is 2. The maximum Gasteiger partial charge on any atom is 0.472 e. The van der Waals surface area contributed by atoms with Gasteiger partial charge in [0.25, 0.3) is 0 Å². The number of hydrogen-bond donors (Lipinski definition) is 4. The lowest BCUT2D eigenvalue weighted by Gasteiger charge is -2.23. The van der Waals surface area contributed by atoms with Crippen LogP contribution in [0, 0.1) is 0 Å². The molecule has 0 saturated heterocycles. The Labute approximate surface area is 284 Å². The number of rotatable bonds is 36. The number of phosphoric ester groups is 1. The van der Waals surface area contributed by atoms with Crippen LogP contribution in [0.1, 0.15) is 181 Å². The fraction of sp³-hybridized carbons (Fsp3) is 0.919. The summed E-state index contributed by atoms with van der Waals surface area (Å²) in [5.74, 6) is -0.182. The number of unbranched alkanes of at least 4 members (excludes halogenated alkanes) is 23. The van der Waals surface area contributed by atoms with Crippen LogP contribution in [0.15, 0.2) is 12.2 Å². The zero-order valence-corrected chi connectivity index (χ0v) is 31.2. The Balaban J connectivity index is 4.37. The third kappa shape index (κ3) is 31.8. The highest BCUT2D eigenvalue weighted by atomic mass is 31.2. The Kier molecular flexibility index (Phi) is 33.6. The first kappa shape index (κ1) is 45.2. The molecule has 1 amide bonds. The molecular formula is C37H75N2O6P. The second kappa shape index (κ2) is 34.1. The van der Waals surface area contributed by atoms with Gasteiger partial charge in [-0.1, -0.05) is 167 Å². The van der Waals surface area contributed by atoms with Crippen molar-refractivity contribution in [2.24, 2.45) is 0 Å². The van der Waals surface area contributed by atoms with Crippen molar-refractivity contribution in [2.45, 2.75) is 193 Å². The maximum atomic E-state index is 12.7. The molecule has 8 nitrogen and oxygen atoms in total. The molecule has 0 aliphatic carbocycles. The van der Waals surface area contributed by atoms with Crippen LogP contribution in [-0.4, -0.2) is 54.9 Å². The van der Waals surface area contributed by atoms with Gasteiger partial charge in [0.15, 0.2) is 0 Å². The van der Waals surface area contributed by atoms with Crippen molar-refractivity contribution in [3.8, 4) is 0 Å². The lowest BCUT2D eigenvalue weighted by molar-refractivity contribution is -0.123. The molecule has 0 aromatic rings. The number of aliphatic hydroxyl groups is 1. The minimum atomic E-state index is -4.30. The maximum absolute atomic E-state index is 12.7. The molecule has 0 rings (SSSR count). The molecule has 274 valence electrons. The van der Waals surface area contributed by atoms with E-state index in [2.05, 4.69) is 24.5 Å². The number of allylic oxidation sites excluding steroid dienone is 1. The van der Waals surface area contributed by atoms with Gasteiger partial charge in [0.2, 0.25) is 5.91 Å². The molecule has 1 unspecified atom stereocenters. The van der Waals surface area contributed by atoms with Gasteiger partial charge in [0.1, 0.15) is 0 Å². The lowest BCUT2D eigenvalue weighted by atomic mass is 10.0. The van der Waals surface area contributed by atoms with E-state index < -0.39 is 20.0 Å². The number of hydrogen-bond acceptors (Lipinski definition) is 6. The molecule has 4 N–H and O–H groups in total. The van der Waals surface area contributed by atoms with Crippen molar-refractivity contribution in [1.82, 2.24) is 10.6 Å². The van der Waals surface area contributed by atoms with Gasteiger partial charge in [-0.2, -0.15) is 0 Å². The molecule has 9 heteroatoms. The fourth-order valence-corrected chi connectivity index (χ4v) is 6.32. The number of amides is 1. The largest absolute Gasteiger partial charge is 0.472 e. The Hall–Kier alpha value is -0.760. The minimum absolute atomic E-state index is 0.0156. The van der Waals surface area contributed by atoms with E-state index in [1.165, 1.54) is 122 Å². The highest BCUT2D eigenvalue weighted by Gasteiger charge is 2.26. The average Bonchev–Trinajstić information content (AvgIpc) is 3.03. The van der Waals surface area contributed by atoms with E-state index in [0.29, 0.717) is 13.0 Å². The number of aliphatic hydroxyl groups excluding tert-OH is 1. The molecule has 0 saturated carbocycles. The highest BCUT2D eigenvalue weighted by Crippen LogP contribution is 2.43. The molecule has 3 atom stereocenters. The normalized spacial score (nSPS) is 14.5. The minimum Gasteiger partial charge on any atom is -0.387 e. The lowest BCUT2D eigenvalue weighted by Crippen LogP contribution is -2.45. The molecule has 0 aliphatic heterocycles. The number of carbonyl (C=O) groups is 1. The monoisotopic (exact) mass is 675 g/mol. The number of likely N-dealkylation sites (N-methyl/N-ethyl adjacent to an activating group) is 1. The third-order valence-corrected chi connectivity index (χ3v) is 9.58. The van der Waals surface area contributed by atoms with E-state index in [1.807, 2.05) is 6.08 Å². The van der Waals surface area contributed by atoms with Gasteiger partial charge in [-0.3, -0.25) is 13.8 Å². The van der Waals surface area contributed by atoms with Gasteiger partial charge in [-0.15, -0.1) is 0 Å². The van der Waals surface area contributed by atoms with E-state index in [-0.39, 0.29) is 19.1 Å². The molecule has 0 fully saturated rings. The first-order valence-corrected chi connectivity index (χ1v) is 20.8. The van der Waals surface area contributed by atoms with Crippen molar-refractivity contribution < 1.29 is 28.4 Å². The van der Waals surface area contributed by atoms with E-state index >= 15 is 0 Å². The van der Waals surface area contributed by atoms with Gasteiger partial charge in [-0.05, 0) is 26.3 Å². The summed E-state index contributed by atoms with van der Waals surface area (Å²) in [4.78, 5) is 22.7. The third-order valence-electron chi connectivity index (χ3n) is 8.60. The zero-order chi connectivity index (χ0) is 34.0. The average molecular weight is 675 g/mol. The Bertz CT molecular complexity index is 739. The molecule has 0 aliphatic rings. The summed E-state index contributed by atoms with van der Waals surface area (Å²) in [6.07, 6.45) is 34.0. The number of phosphoric acid groups is 1. The first-order chi connectivity index (χ1) is 22.4. The second-order valence-electron chi connectivity index (χ2n) is 13.1. The quantitative estimate of drug-likeness (QED) is 0.0297. The predicted molar refractivity (Wildman–Crippen MR) is 194 cm³/mol. The van der Waals surface area contributed by atoms with Crippen LogP contribution >= 0.6 is 7.82 Å². The molecule has 46 heavy (non-hydrogen) atoms. The molecule has 0 heterocycles. The summed E-state index contributed by atoms with van der Waals surface area (Å²) >= 11 is 0. The molecular weight excluding hydrogens is 599 g/mol. The number of carbonyl (C=O) groups excluding carboxylic acids is 1. The summed E-state index contributed by atoms with van der Waals surface area (Å²) < 4.78 is 22.4.